The van der Waals surface area contributed by atoms with Crippen LogP contribution in [0.3, 0.4) is 0 Å². The number of anilines is 1. The van der Waals surface area contributed by atoms with Gasteiger partial charge in [-0.2, -0.15) is 0 Å². The molecule has 1 rings (SSSR count). The summed E-state index contributed by atoms with van der Waals surface area (Å²) < 4.78 is 1.48. The molecule has 0 N–H and O–H groups in total. The van der Waals surface area contributed by atoms with Gasteiger partial charge in [-0.3, -0.25) is 9.10 Å². The number of rotatable bonds is 1. The molecule has 5 heteroatoms. The van der Waals surface area contributed by atoms with Crippen molar-refractivity contribution in [3.8, 4) is 11.8 Å². The van der Waals surface area contributed by atoms with E-state index in [0.29, 0.717) is 17.8 Å². The molecule has 0 amide bonds. The summed E-state index contributed by atoms with van der Waals surface area (Å²) in [4.78, 5) is 17.8. The number of aldehydes is 1. The predicted molar refractivity (Wildman–Crippen MR) is 52.4 cm³/mol. The zero-order valence-electron chi connectivity index (χ0n) is 6.93. The molecule has 0 fully saturated rings. The van der Waals surface area contributed by atoms with Gasteiger partial charge in [-0.1, -0.05) is 18.7 Å². The average Bonchev–Trinajstić information content (AvgIpc) is 2.15. The summed E-state index contributed by atoms with van der Waals surface area (Å²) in [5, 5.41) is 0. The second-order valence-corrected chi connectivity index (χ2v) is 2.78. The van der Waals surface area contributed by atoms with Crippen LogP contribution in [0.25, 0.3) is 0 Å². The second kappa shape index (κ2) is 4.48. The molecule has 1 aromatic heterocycles. The van der Waals surface area contributed by atoms with Gasteiger partial charge in [0.05, 0.1) is 5.56 Å². The van der Waals surface area contributed by atoms with Crippen molar-refractivity contribution in [1.29, 1.82) is 0 Å². The average molecular weight is 193 g/mol. The molecule has 0 aliphatic carbocycles. The molecule has 0 atom stereocenters. The van der Waals surface area contributed by atoms with Crippen LogP contribution < -0.4 is 4.31 Å². The number of thiol groups is 1. The van der Waals surface area contributed by atoms with Crippen molar-refractivity contribution >= 4 is 25.0 Å². The van der Waals surface area contributed by atoms with E-state index in [9.17, 15) is 4.79 Å². The highest BCUT2D eigenvalue weighted by Crippen LogP contribution is 2.05. The molecule has 0 aromatic carbocycles. The molecule has 1 heterocycles. The lowest BCUT2D eigenvalue weighted by Gasteiger charge is -2.06. The van der Waals surface area contributed by atoms with Gasteiger partial charge in [-0.05, 0) is 5.92 Å². The molecule has 0 saturated heterocycles. The summed E-state index contributed by atoms with van der Waals surface area (Å²) in [6.07, 6.45) is 3.59. The van der Waals surface area contributed by atoms with E-state index in [1.165, 1.54) is 16.7 Å². The quantitative estimate of drug-likeness (QED) is 0.396. The number of carbonyl (C=O) groups excluding carboxylic acids is 1. The van der Waals surface area contributed by atoms with Crippen LogP contribution in [0.5, 0.6) is 0 Å². The van der Waals surface area contributed by atoms with Gasteiger partial charge in [-0.15, -0.1) is 0 Å². The van der Waals surface area contributed by atoms with E-state index in [1.807, 2.05) is 0 Å². The Morgan fingerprint density at radius 1 is 1.54 bits per heavy atom. The Morgan fingerprint density at radius 3 is 2.62 bits per heavy atom. The molecule has 0 bridgehead atoms. The molecule has 0 spiro atoms. The van der Waals surface area contributed by atoms with Gasteiger partial charge in [0, 0.05) is 19.4 Å². The minimum absolute atomic E-state index is 0.486. The molecule has 1 aromatic rings. The van der Waals surface area contributed by atoms with Crippen molar-refractivity contribution in [1.82, 2.24) is 9.97 Å². The van der Waals surface area contributed by atoms with E-state index in [1.54, 1.807) is 7.05 Å². The summed E-state index contributed by atoms with van der Waals surface area (Å²) >= 11 is 4.01. The maximum atomic E-state index is 9.92. The third kappa shape index (κ3) is 2.76. The van der Waals surface area contributed by atoms with Gasteiger partial charge in [0.1, 0.15) is 0 Å². The summed E-state index contributed by atoms with van der Waals surface area (Å²) in [5.41, 5.74) is 0.603. The second-order valence-electron chi connectivity index (χ2n) is 2.18. The molecule has 0 aliphatic rings. The van der Waals surface area contributed by atoms with Crippen molar-refractivity contribution in [3.05, 3.63) is 18.0 Å². The van der Waals surface area contributed by atoms with Crippen LogP contribution >= 0.6 is 12.8 Å². The monoisotopic (exact) mass is 193 g/mol. The Kier molecular flexibility index (Phi) is 3.29. The van der Waals surface area contributed by atoms with Crippen LogP contribution in [0, 0.1) is 11.8 Å². The smallest absolute Gasteiger partial charge is 0.235 e. The Bertz CT molecular complexity index is 350. The van der Waals surface area contributed by atoms with Crippen molar-refractivity contribution in [2.75, 3.05) is 11.4 Å². The van der Waals surface area contributed by atoms with Gasteiger partial charge < -0.3 is 0 Å². The van der Waals surface area contributed by atoms with Crippen molar-refractivity contribution in [2.45, 2.75) is 0 Å². The summed E-state index contributed by atoms with van der Waals surface area (Å²) in [5.74, 6) is 5.33. The molecule has 4 nitrogen and oxygen atoms in total. The summed E-state index contributed by atoms with van der Waals surface area (Å²) in [6, 6.07) is 0. The Morgan fingerprint density at radius 2 is 2.15 bits per heavy atom. The Labute approximate surface area is 81.5 Å². The Hall–Kier alpha value is -1.54. The zero-order chi connectivity index (χ0) is 9.68. The molecule has 66 valence electrons. The molecule has 13 heavy (non-hydrogen) atoms. The topological polar surface area (TPSA) is 46.1 Å². The maximum Gasteiger partial charge on any atom is 0.235 e. The number of nitrogens with zero attached hydrogens (tertiary/aromatic N) is 3. The van der Waals surface area contributed by atoms with Crippen LogP contribution in [0.1, 0.15) is 5.56 Å². The van der Waals surface area contributed by atoms with E-state index >= 15 is 0 Å². The van der Waals surface area contributed by atoms with E-state index < -0.39 is 0 Å². The first-order chi connectivity index (χ1) is 6.24. The minimum atomic E-state index is 0.486. The van der Waals surface area contributed by atoms with E-state index in [2.05, 4.69) is 34.6 Å². The van der Waals surface area contributed by atoms with E-state index in [0.717, 1.165) is 0 Å². The fraction of sp³-hybridized carbons (Fsp3) is 0.125. The highest BCUT2D eigenvalue weighted by Gasteiger charge is 1.97. The van der Waals surface area contributed by atoms with Gasteiger partial charge in [0.15, 0.2) is 6.29 Å². The van der Waals surface area contributed by atoms with Gasteiger partial charge in [-0.25, -0.2) is 9.97 Å². The predicted octanol–water partition coefficient (Wildman–Crippen LogP) is 0.308. The summed E-state index contributed by atoms with van der Waals surface area (Å²) in [6.45, 7) is 0. The number of aromatic nitrogens is 2. The normalized spacial score (nSPS) is 8.46. The first-order valence-corrected chi connectivity index (χ1v) is 3.84. The van der Waals surface area contributed by atoms with E-state index in [4.69, 9.17) is 0 Å². The van der Waals surface area contributed by atoms with Crippen LogP contribution in [0.2, 0.25) is 0 Å². The lowest BCUT2D eigenvalue weighted by atomic mass is 10.3. The molecule has 0 aliphatic heterocycles. The van der Waals surface area contributed by atoms with Crippen molar-refractivity contribution < 1.29 is 4.79 Å². The molecule has 0 saturated carbocycles. The lowest BCUT2D eigenvalue weighted by Crippen LogP contribution is -2.05. The van der Waals surface area contributed by atoms with Crippen LogP contribution in [0.4, 0.5) is 5.95 Å². The molecule has 0 unspecified atom stereocenters. The third-order valence-electron chi connectivity index (χ3n) is 1.20. The number of hydrogen-bond acceptors (Lipinski definition) is 5. The third-order valence-corrected chi connectivity index (χ3v) is 1.38. The number of hydrogen-bond donors (Lipinski definition) is 1. The first-order valence-electron chi connectivity index (χ1n) is 3.44. The fourth-order valence-electron chi connectivity index (χ4n) is 0.666. The largest absolute Gasteiger partial charge is 0.290 e. The van der Waals surface area contributed by atoms with Crippen molar-refractivity contribution in [2.24, 2.45) is 0 Å². The Balaban J connectivity index is 2.87. The first kappa shape index (κ1) is 9.55. The lowest BCUT2D eigenvalue weighted by molar-refractivity contribution is -0.103. The number of carbonyl (C=O) groups is 1. The molecule has 0 radical (unpaired) electrons. The highest BCUT2D eigenvalue weighted by atomic mass is 32.1. The van der Waals surface area contributed by atoms with Crippen LogP contribution in [0.15, 0.2) is 12.4 Å². The van der Waals surface area contributed by atoms with Gasteiger partial charge in [0.2, 0.25) is 5.95 Å². The van der Waals surface area contributed by atoms with Crippen LogP contribution in [-0.4, -0.2) is 23.3 Å². The standard InChI is InChI=1S/C8H7N3OS/c1-11(13)8-9-5-7(6-10-8)3-2-4-12/h4-6,13H,1H3. The van der Waals surface area contributed by atoms with Gasteiger partial charge >= 0.3 is 0 Å². The van der Waals surface area contributed by atoms with Crippen LogP contribution in [-0.2, 0) is 4.79 Å². The summed E-state index contributed by atoms with van der Waals surface area (Å²) in [7, 11) is 1.72. The molecular formula is C8H7N3OS. The zero-order valence-corrected chi connectivity index (χ0v) is 7.82. The maximum absolute atomic E-state index is 9.92. The minimum Gasteiger partial charge on any atom is -0.290 e. The van der Waals surface area contributed by atoms with Gasteiger partial charge in [0.25, 0.3) is 0 Å². The fourth-order valence-corrected chi connectivity index (χ4v) is 0.769. The van der Waals surface area contributed by atoms with Crippen molar-refractivity contribution in [3.63, 3.8) is 0 Å². The SMILES string of the molecule is CN(S)c1ncc(C#CC=O)cn1. The van der Waals surface area contributed by atoms with E-state index in [-0.39, 0.29) is 0 Å². The highest BCUT2D eigenvalue weighted by molar-refractivity contribution is 7.81. The molecular weight excluding hydrogens is 186 g/mol.